The Balaban J connectivity index is 2.19. The molecule has 1 aromatic heterocycles. The second-order valence-electron chi connectivity index (χ2n) is 4.86. The van der Waals surface area contributed by atoms with E-state index >= 15 is 0 Å². The van der Waals surface area contributed by atoms with E-state index in [1.807, 2.05) is 12.3 Å². The van der Waals surface area contributed by atoms with E-state index in [-0.39, 0.29) is 0 Å². The molecule has 0 aliphatic rings. The Kier molecular flexibility index (Phi) is 7.62. The van der Waals surface area contributed by atoms with Crippen LogP contribution in [0.25, 0.3) is 0 Å². The molecule has 0 bridgehead atoms. The minimum absolute atomic E-state index is 0.679. The summed E-state index contributed by atoms with van der Waals surface area (Å²) in [5.41, 5.74) is 1.15. The first-order chi connectivity index (χ1) is 8.76. The molecule has 1 unspecified atom stereocenters. The predicted molar refractivity (Wildman–Crippen MR) is 77.6 cm³/mol. The molecular formula is C15H27N3. The van der Waals surface area contributed by atoms with Crippen LogP contribution in [0, 0.1) is 0 Å². The molecule has 0 saturated heterocycles. The summed E-state index contributed by atoms with van der Waals surface area (Å²) in [6.45, 7) is 7.58. The van der Waals surface area contributed by atoms with Gasteiger partial charge in [0.05, 0.1) is 5.69 Å². The van der Waals surface area contributed by atoms with Gasteiger partial charge >= 0.3 is 0 Å². The molecule has 0 aromatic carbocycles. The lowest BCUT2D eigenvalue weighted by Gasteiger charge is -2.19. The maximum absolute atomic E-state index is 4.35. The Hall–Kier alpha value is -0.930. The fourth-order valence-corrected chi connectivity index (χ4v) is 2.19. The Morgan fingerprint density at radius 3 is 2.78 bits per heavy atom. The van der Waals surface area contributed by atoms with E-state index in [9.17, 15) is 0 Å². The lowest BCUT2D eigenvalue weighted by atomic mass is 10.1. The van der Waals surface area contributed by atoms with Gasteiger partial charge in [-0.25, -0.2) is 0 Å². The zero-order chi connectivity index (χ0) is 13.2. The van der Waals surface area contributed by atoms with Crippen molar-refractivity contribution in [2.75, 3.05) is 20.1 Å². The monoisotopic (exact) mass is 249 g/mol. The average Bonchev–Trinajstić information content (AvgIpc) is 2.39. The largest absolute Gasteiger partial charge is 0.314 e. The van der Waals surface area contributed by atoms with Gasteiger partial charge in [-0.1, -0.05) is 19.9 Å². The highest BCUT2D eigenvalue weighted by Crippen LogP contribution is 2.04. The van der Waals surface area contributed by atoms with Crippen molar-refractivity contribution in [1.29, 1.82) is 0 Å². The van der Waals surface area contributed by atoms with Crippen molar-refractivity contribution in [1.82, 2.24) is 15.2 Å². The van der Waals surface area contributed by atoms with Crippen LogP contribution in [-0.4, -0.2) is 36.1 Å². The Morgan fingerprint density at radius 2 is 2.17 bits per heavy atom. The van der Waals surface area contributed by atoms with Crippen molar-refractivity contribution in [3.05, 3.63) is 30.1 Å². The normalized spacial score (nSPS) is 12.9. The zero-order valence-electron chi connectivity index (χ0n) is 12.0. The molecule has 3 nitrogen and oxygen atoms in total. The molecule has 1 rings (SSSR count). The standard InChI is InChI=1S/C15H27N3/c1-4-14(16-5-2)10-8-12-18(3)13-15-9-6-7-11-17-15/h6-7,9,11,14,16H,4-5,8,10,12-13H2,1-3H3. The number of nitrogens with zero attached hydrogens (tertiary/aromatic N) is 2. The van der Waals surface area contributed by atoms with E-state index in [4.69, 9.17) is 0 Å². The van der Waals surface area contributed by atoms with Gasteiger partial charge in [-0.2, -0.15) is 0 Å². The number of aromatic nitrogens is 1. The molecule has 3 heteroatoms. The average molecular weight is 249 g/mol. The summed E-state index contributed by atoms with van der Waals surface area (Å²) in [6, 6.07) is 6.78. The van der Waals surface area contributed by atoms with Gasteiger partial charge in [-0.05, 0) is 51.5 Å². The minimum atomic E-state index is 0.679. The van der Waals surface area contributed by atoms with E-state index in [1.54, 1.807) is 0 Å². The third-order valence-corrected chi connectivity index (χ3v) is 3.24. The lowest BCUT2D eigenvalue weighted by molar-refractivity contribution is 0.304. The SMILES string of the molecule is CCNC(CC)CCCN(C)Cc1ccccn1. The first-order valence-corrected chi connectivity index (χ1v) is 7.08. The highest BCUT2D eigenvalue weighted by molar-refractivity contribution is 5.02. The van der Waals surface area contributed by atoms with E-state index in [0.29, 0.717) is 6.04 Å². The van der Waals surface area contributed by atoms with Crippen molar-refractivity contribution in [2.24, 2.45) is 0 Å². The summed E-state index contributed by atoms with van der Waals surface area (Å²) >= 11 is 0. The van der Waals surface area contributed by atoms with E-state index in [1.165, 1.54) is 19.3 Å². The smallest absolute Gasteiger partial charge is 0.0543 e. The number of hydrogen-bond acceptors (Lipinski definition) is 3. The number of hydrogen-bond donors (Lipinski definition) is 1. The maximum Gasteiger partial charge on any atom is 0.0543 e. The Labute approximate surface area is 112 Å². The molecule has 102 valence electrons. The van der Waals surface area contributed by atoms with Crippen LogP contribution in [0.5, 0.6) is 0 Å². The first-order valence-electron chi connectivity index (χ1n) is 7.08. The summed E-state index contributed by atoms with van der Waals surface area (Å²) in [5, 5.41) is 3.52. The summed E-state index contributed by atoms with van der Waals surface area (Å²) < 4.78 is 0. The van der Waals surface area contributed by atoms with Crippen LogP contribution >= 0.6 is 0 Å². The quantitative estimate of drug-likeness (QED) is 0.729. The number of pyridine rings is 1. The van der Waals surface area contributed by atoms with Crippen molar-refractivity contribution >= 4 is 0 Å². The maximum atomic E-state index is 4.35. The molecule has 0 saturated carbocycles. The van der Waals surface area contributed by atoms with Crippen molar-refractivity contribution in [3.8, 4) is 0 Å². The van der Waals surface area contributed by atoms with Gasteiger partial charge in [0.1, 0.15) is 0 Å². The molecular weight excluding hydrogens is 222 g/mol. The molecule has 0 amide bonds. The number of nitrogens with one attached hydrogen (secondary N) is 1. The van der Waals surface area contributed by atoms with Gasteiger partial charge in [0.15, 0.2) is 0 Å². The van der Waals surface area contributed by atoms with Gasteiger partial charge in [0, 0.05) is 18.8 Å². The van der Waals surface area contributed by atoms with Crippen molar-refractivity contribution < 1.29 is 0 Å². The molecule has 0 radical (unpaired) electrons. The summed E-state index contributed by atoms with van der Waals surface area (Å²) in [7, 11) is 2.17. The van der Waals surface area contributed by atoms with Crippen LogP contribution < -0.4 is 5.32 Å². The second kappa shape index (κ2) is 9.06. The van der Waals surface area contributed by atoms with E-state index < -0.39 is 0 Å². The first kappa shape index (κ1) is 15.1. The van der Waals surface area contributed by atoms with Crippen LogP contribution in [-0.2, 0) is 6.54 Å². The van der Waals surface area contributed by atoms with Gasteiger partial charge in [0.2, 0.25) is 0 Å². The fraction of sp³-hybridized carbons (Fsp3) is 0.667. The van der Waals surface area contributed by atoms with Crippen LogP contribution in [0.1, 0.15) is 38.8 Å². The highest BCUT2D eigenvalue weighted by Gasteiger charge is 2.05. The van der Waals surface area contributed by atoms with Crippen LogP contribution in [0.15, 0.2) is 24.4 Å². The van der Waals surface area contributed by atoms with Crippen LogP contribution in [0.3, 0.4) is 0 Å². The summed E-state index contributed by atoms with van der Waals surface area (Å²) in [6.07, 6.45) is 5.59. The Morgan fingerprint density at radius 1 is 1.33 bits per heavy atom. The molecule has 0 spiro atoms. The van der Waals surface area contributed by atoms with E-state index in [0.717, 1.165) is 25.3 Å². The van der Waals surface area contributed by atoms with Crippen LogP contribution in [0.2, 0.25) is 0 Å². The molecule has 0 fully saturated rings. The molecule has 18 heavy (non-hydrogen) atoms. The van der Waals surface area contributed by atoms with Gasteiger partial charge in [-0.3, -0.25) is 4.98 Å². The fourth-order valence-electron chi connectivity index (χ4n) is 2.19. The predicted octanol–water partition coefficient (Wildman–Crippen LogP) is 2.68. The third-order valence-electron chi connectivity index (χ3n) is 3.24. The van der Waals surface area contributed by atoms with Crippen LogP contribution in [0.4, 0.5) is 0 Å². The molecule has 1 atom stereocenters. The number of rotatable bonds is 9. The highest BCUT2D eigenvalue weighted by atomic mass is 15.1. The van der Waals surface area contributed by atoms with E-state index in [2.05, 4.69) is 48.2 Å². The van der Waals surface area contributed by atoms with Gasteiger partial charge in [-0.15, -0.1) is 0 Å². The lowest BCUT2D eigenvalue weighted by Crippen LogP contribution is -2.29. The molecule has 0 aliphatic carbocycles. The topological polar surface area (TPSA) is 28.2 Å². The molecule has 1 heterocycles. The molecule has 1 N–H and O–H groups in total. The summed E-state index contributed by atoms with van der Waals surface area (Å²) in [5.74, 6) is 0. The third kappa shape index (κ3) is 6.12. The van der Waals surface area contributed by atoms with Gasteiger partial charge < -0.3 is 10.2 Å². The molecule has 0 aliphatic heterocycles. The summed E-state index contributed by atoms with van der Waals surface area (Å²) in [4.78, 5) is 6.70. The van der Waals surface area contributed by atoms with Gasteiger partial charge in [0.25, 0.3) is 0 Å². The van der Waals surface area contributed by atoms with Crippen molar-refractivity contribution in [2.45, 2.75) is 45.7 Å². The Bertz CT molecular complexity index is 300. The second-order valence-corrected chi connectivity index (χ2v) is 4.86. The zero-order valence-corrected chi connectivity index (χ0v) is 12.0. The molecule has 1 aromatic rings. The minimum Gasteiger partial charge on any atom is -0.314 e. The van der Waals surface area contributed by atoms with Crippen molar-refractivity contribution in [3.63, 3.8) is 0 Å².